The first kappa shape index (κ1) is 19.6. The van der Waals surface area contributed by atoms with Gasteiger partial charge in [0.25, 0.3) is 5.91 Å². The van der Waals surface area contributed by atoms with Gasteiger partial charge in [-0.05, 0) is 61.4 Å². The molecule has 2 aromatic carbocycles. The van der Waals surface area contributed by atoms with Crippen LogP contribution >= 0.6 is 0 Å². The minimum Gasteiger partial charge on any atom is -0.497 e. The molecule has 5 rings (SSSR count). The SMILES string of the molecule is COc1ccc(OC)c(NC(=O)c2cccc(N3C(=O)[C@H]4[C@H]5CC[C@@H](C5)[C@@H]4C3=O)c2)c1. The number of rotatable bonds is 5. The van der Waals surface area contributed by atoms with Crippen LogP contribution in [-0.4, -0.2) is 31.9 Å². The lowest BCUT2D eigenvalue weighted by Gasteiger charge is -2.19. The van der Waals surface area contributed by atoms with Crippen molar-refractivity contribution in [1.82, 2.24) is 0 Å². The molecule has 3 aliphatic rings. The Labute approximate surface area is 180 Å². The monoisotopic (exact) mass is 420 g/mol. The van der Waals surface area contributed by atoms with Gasteiger partial charge in [-0.15, -0.1) is 0 Å². The second-order valence-corrected chi connectivity index (χ2v) is 8.47. The van der Waals surface area contributed by atoms with Crippen molar-refractivity contribution in [3.8, 4) is 11.5 Å². The predicted molar refractivity (Wildman–Crippen MR) is 114 cm³/mol. The Morgan fingerprint density at radius 3 is 2.32 bits per heavy atom. The van der Waals surface area contributed by atoms with Crippen molar-refractivity contribution in [3.05, 3.63) is 48.0 Å². The third-order valence-corrected chi connectivity index (χ3v) is 6.95. The van der Waals surface area contributed by atoms with Crippen molar-refractivity contribution < 1.29 is 23.9 Å². The van der Waals surface area contributed by atoms with E-state index in [0.717, 1.165) is 19.3 Å². The summed E-state index contributed by atoms with van der Waals surface area (Å²) in [5, 5.41) is 2.82. The molecular formula is C24H24N2O5. The average Bonchev–Trinajstić information content (AvgIpc) is 3.47. The number of methoxy groups -OCH3 is 2. The van der Waals surface area contributed by atoms with E-state index in [0.29, 0.717) is 40.3 Å². The molecule has 0 aromatic heterocycles. The molecule has 2 aliphatic carbocycles. The molecule has 1 saturated heterocycles. The van der Waals surface area contributed by atoms with Crippen molar-refractivity contribution in [2.75, 3.05) is 24.4 Å². The lowest BCUT2D eigenvalue weighted by molar-refractivity contribution is -0.123. The lowest BCUT2D eigenvalue weighted by atomic mass is 9.81. The molecule has 7 nitrogen and oxygen atoms in total. The molecule has 7 heteroatoms. The number of carbonyl (C=O) groups is 3. The number of nitrogens with one attached hydrogen (secondary N) is 1. The first-order valence-corrected chi connectivity index (χ1v) is 10.5. The topological polar surface area (TPSA) is 84.9 Å². The quantitative estimate of drug-likeness (QED) is 0.749. The molecule has 31 heavy (non-hydrogen) atoms. The summed E-state index contributed by atoms with van der Waals surface area (Å²) < 4.78 is 10.5. The predicted octanol–water partition coefficient (Wildman–Crippen LogP) is 3.49. The zero-order chi connectivity index (χ0) is 21.7. The molecule has 2 saturated carbocycles. The Balaban J connectivity index is 1.41. The summed E-state index contributed by atoms with van der Waals surface area (Å²) in [4.78, 5) is 40.4. The summed E-state index contributed by atoms with van der Waals surface area (Å²) >= 11 is 0. The van der Waals surface area contributed by atoms with Crippen molar-refractivity contribution in [2.24, 2.45) is 23.7 Å². The van der Waals surface area contributed by atoms with Crippen molar-refractivity contribution in [2.45, 2.75) is 19.3 Å². The number of hydrogen-bond donors (Lipinski definition) is 1. The number of benzene rings is 2. The van der Waals surface area contributed by atoms with Crippen molar-refractivity contribution in [3.63, 3.8) is 0 Å². The van der Waals surface area contributed by atoms with E-state index >= 15 is 0 Å². The van der Waals surface area contributed by atoms with E-state index in [1.807, 2.05) is 0 Å². The third-order valence-electron chi connectivity index (χ3n) is 6.95. The fourth-order valence-electron chi connectivity index (χ4n) is 5.56. The van der Waals surface area contributed by atoms with Gasteiger partial charge in [0, 0.05) is 11.6 Å². The number of carbonyl (C=O) groups excluding carboxylic acids is 3. The number of hydrogen-bond acceptors (Lipinski definition) is 5. The highest BCUT2D eigenvalue weighted by Gasteiger charge is 2.61. The molecule has 3 amide bonds. The maximum atomic E-state index is 13.1. The van der Waals surface area contributed by atoms with E-state index in [9.17, 15) is 14.4 Å². The Morgan fingerprint density at radius 2 is 1.68 bits per heavy atom. The van der Waals surface area contributed by atoms with Gasteiger partial charge >= 0.3 is 0 Å². The van der Waals surface area contributed by atoms with Crippen LogP contribution in [0.1, 0.15) is 29.6 Å². The fraction of sp³-hybridized carbons (Fsp3) is 0.375. The second kappa shape index (κ2) is 7.41. The Kier molecular flexibility index (Phi) is 4.68. The summed E-state index contributed by atoms with van der Waals surface area (Å²) in [6.07, 6.45) is 3.05. The highest BCUT2D eigenvalue weighted by atomic mass is 16.5. The van der Waals surface area contributed by atoms with Gasteiger partial charge in [0.15, 0.2) is 0 Å². The van der Waals surface area contributed by atoms with Crippen LogP contribution in [0, 0.1) is 23.7 Å². The molecule has 2 aromatic rings. The largest absolute Gasteiger partial charge is 0.497 e. The van der Waals surface area contributed by atoms with Crippen molar-refractivity contribution in [1.29, 1.82) is 0 Å². The van der Waals surface area contributed by atoms with Gasteiger partial charge in [-0.3, -0.25) is 19.3 Å². The molecule has 0 radical (unpaired) electrons. The number of imide groups is 1. The van der Waals surface area contributed by atoms with Gasteiger partial charge < -0.3 is 14.8 Å². The van der Waals surface area contributed by atoms with Crippen LogP contribution in [0.25, 0.3) is 0 Å². The number of anilines is 2. The average molecular weight is 420 g/mol. The molecule has 3 fully saturated rings. The number of nitrogens with zero attached hydrogens (tertiary/aromatic N) is 1. The number of amides is 3. The Morgan fingerprint density at radius 1 is 0.968 bits per heavy atom. The summed E-state index contributed by atoms with van der Waals surface area (Å²) in [5.41, 5.74) is 1.27. The standard InChI is InChI=1S/C24H24N2O5/c1-30-17-8-9-19(31-2)18(12-17)25-22(27)15-4-3-5-16(11-15)26-23(28)20-13-6-7-14(10-13)21(20)24(26)29/h3-5,8-9,11-14,20-21H,6-7,10H2,1-2H3,(H,25,27)/t13-,14-,20-,21-/m0/s1. The summed E-state index contributed by atoms with van der Waals surface area (Å²) in [6, 6.07) is 11.8. The molecule has 160 valence electrons. The van der Waals surface area contributed by atoms with Crippen LogP contribution in [-0.2, 0) is 9.59 Å². The first-order valence-electron chi connectivity index (χ1n) is 10.5. The highest BCUT2D eigenvalue weighted by molar-refractivity contribution is 6.23. The fourth-order valence-corrected chi connectivity index (χ4v) is 5.56. The Bertz CT molecular complexity index is 1050. The minimum atomic E-state index is -0.368. The van der Waals surface area contributed by atoms with Crippen LogP contribution < -0.4 is 19.7 Å². The van der Waals surface area contributed by atoms with E-state index in [-0.39, 0.29) is 29.6 Å². The van der Waals surface area contributed by atoms with Crippen LogP contribution in [0.5, 0.6) is 11.5 Å². The van der Waals surface area contributed by atoms with Gasteiger partial charge in [0.1, 0.15) is 11.5 Å². The Hall–Kier alpha value is -3.35. The molecule has 4 atom stereocenters. The zero-order valence-corrected chi connectivity index (χ0v) is 17.5. The summed E-state index contributed by atoms with van der Waals surface area (Å²) in [6.45, 7) is 0. The minimum absolute atomic E-state index is 0.116. The van der Waals surface area contributed by atoms with E-state index in [1.165, 1.54) is 12.0 Å². The van der Waals surface area contributed by atoms with Crippen LogP contribution in [0.2, 0.25) is 0 Å². The third kappa shape index (κ3) is 3.07. The van der Waals surface area contributed by atoms with Crippen LogP contribution in [0.4, 0.5) is 11.4 Å². The molecule has 0 spiro atoms. The summed E-state index contributed by atoms with van der Waals surface area (Å²) in [7, 11) is 3.06. The van der Waals surface area contributed by atoms with Gasteiger partial charge in [0.2, 0.25) is 11.8 Å². The number of ether oxygens (including phenoxy) is 2. The van der Waals surface area contributed by atoms with E-state index in [2.05, 4.69) is 5.32 Å². The summed E-state index contributed by atoms with van der Waals surface area (Å²) in [5.74, 6) is 0.746. The van der Waals surface area contributed by atoms with E-state index in [4.69, 9.17) is 9.47 Å². The van der Waals surface area contributed by atoms with Gasteiger partial charge in [-0.25, -0.2) is 0 Å². The molecule has 2 bridgehead atoms. The van der Waals surface area contributed by atoms with E-state index in [1.54, 1.807) is 49.6 Å². The van der Waals surface area contributed by atoms with Crippen LogP contribution in [0.15, 0.2) is 42.5 Å². The molecule has 0 unspecified atom stereocenters. The molecule has 1 heterocycles. The molecular weight excluding hydrogens is 396 g/mol. The highest BCUT2D eigenvalue weighted by Crippen LogP contribution is 2.56. The van der Waals surface area contributed by atoms with Crippen LogP contribution in [0.3, 0.4) is 0 Å². The second-order valence-electron chi connectivity index (χ2n) is 8.47. The maximum absolute atomic E-state index is 13.1. The first-order chi connectivity index (χ1) is 15.0. The lowest BCUT2D eigenvalue weighted by Crippen LogP contribution is -2.33. The van der Waals surface area contributed by atoms with E-state index < -0.39 is 0 Å². The molecule has 1 N–H and O–H groups in total. The maximum Gasteiger partial charge on any atom is 0.255 e. The number of fused-ring (bicyclic) bond motifs is 5. The van der Waals surface area contributed by atoms with Gasteiger partial charge in [-0.1, -0.05) is 6.07 Å². The smallest absolute Gasteiger partial charge is 0.255 e. The van der Waals surface area contributed by atoms with Gasteiger partial charge in [-0.2, -0.15) is 0 Å². The zero-order valence-electron chi connectivity index (χ0n) is 17.5. The van der Waals surface area contributed by atoms with Gasteiger partial charge in [0.05, 0.1) is 37.4 Å². The van der Waals surface area contributed by atoms with Crippen molar-refractivity contribution >= 4 is 29.1 Å². The normalized spacial score (nSPS) is 26.2. The molecule has 1 aliphatic heterocycles.